The third-order valence-electron chi connectivity index (χ3n) is 8.93. The summed E-state index contributed by atoms with van der Waals surface area (Å²) in [6.45, 7) is 0.560. The average Bonchev–Trinajstić information content (AvgIpc) is 3.49. The Hall–Kier alpha value is -5.69. The Morgan fingerprint density at radius 3 is 2.55 bits per heavy atom. The number of imidazole rings is 1. The Morgan fingerprint density at radius 1 is 0.980 bits per heavy atom. The first-order valence-electron chi connectivity index (χ1n) is 15.9. The van der Waals surface area contributed by atoms with Gasteiger partial charge in [-0.1, -0.05) is 18.2 Å². The van der Waals surface area contributed by atoms with E-state index >= 15 is 0 Å². The molecule has 0 atom stereocenters. The third kappa shape index (κ3) is 6.20. The van der Waals surface area contributed by atoms with Crippen LogP contribution in [0, 0.1) is 11.6 Å². The van der Waals surface area contributed by atoms with Gasteiger partial charge in [0, 0.05) is 31.0 Å². The van der Waals surface area contributed by atoms with Crippen molar-refractivity contribution in [3.8, 4) is 22.6 Å². The van der Waals surface area contributed by atoms with E-state index < -0.39 is 34.8 Å². The minimum Gasteiger partial charge on any atom is -0.508 e. The van der Waals surface area contributed by atoms with Crippen molar-refractivity contribution >= 4 is 22.6 Å². The zero-order valence-corrected chi connectivity index (χ0v) is 26.8. The maximum absolute atomic E-state index is 14.5. The topological polar surface area (TPSA) is 127 Å². The standard InChI is InChI=1S/C36H33F2N7O4/c1-42(2)18-22-15-28(46)11-12-29(22)21-4-3-5-27(14-21)44-33-30(16-24(38)17-39-33)35(48)45(36(44)49)26-9-7-25(8-10-26)40-34(47)31-20-43-19-23(37)6-13-32(43)41-31/h3-6,11-17,19-20,25-26,46H,7-10,18H2,1-2H3,(H,40,47)/t25-,26+. The summed E-state index contributed by atoms with van der Waals surface area (Å²) in [5.74, 6) is -1.41. The van der Waals surface area contributed by atoms with Gasteiger partial charge in [0.2, 0.25) is 0 Å². The normalized spacial score (nSPS) is 16.4. The molecular formula is C36H33F2N7O4. The summed E-state index contributed by atoms with van der Waals surface area (Å²) in [6.07, 6.45) is 5.46. The zero-order chi connectivity index (χ0) is 34.4. The molecule has 0 unspecified atom stereocenters. The number of carbonyl (C=O) groups is 1. The zero-order valence-electron chi connectivity index (χ0n) is 26.8. The van der Waals surface area contributed by atoms with E-state index in [0.29, 0.717) is 43.6 Å². The number of carbonyl (C=O) groups excluding carboxylic acids is 1. The largest absolute Gasteiger partial charge is 0.508 e. The van der Waals surface area contributed by atoms with Crippen LogP contribution >= 0.6 is 0 Å². The number of rotatable bonds is 7. The number of nitrogens with one attached hydrogen (secondary N) is 1. The summed E-state index contributed by atoms with van der Waals surface area (Å²) in [5.41, 5.74) is 2.36. The molecule has 4 heterocycles. The van der Waals surface area contributed by atoms with Crippen LogP contribution in [0.5, 0.6) is 5.75 Å². The van der Waals surface area contributed by atoms with E-state index in [0.717, 1.165) is 29.0 Å². The summed E-state index contributed by atoms with van der Waals surface area (Å²) in [7, 11) is 3.85. The summed E-state index contributed by atoms with van der Waals surface area (Å²) in [6, 6.07) is 15.5. The molecule has 0 saturated heterocycles. The van der Waals surface area contributed by atoms with E-state index in [1.165, 1.54) is 38.1 Å². The van der Waals surface area contributed by atoms with E-state index in [-0.39, 0.29) is 28.5 Å². The van der Waals surface area contributed by atoms with E-state index in [1.807, 2.05) is 37.2 Å². The first-order valence-corrected chi connectivity index (χ1v) is 15.9. The predicted octanol–water partition coefficient (Wildman–Crippen LogP) is 4.82. The highest BCUT2D eigenvalue weighted by Crippen LogP contribution is 2.31. The third-order valence-corrected chi connectivity index (χ3v) is 8.93. The average molecular weight is 666 g/mol. The van der Waals surface area contributed by atoms with Gasteiger partial charge < -0.3 is 19.7 Å². The number of hydrogen-bond acceptors (Lipinski definition) is 7. The molecule has 1 aliphatic rings. The van der Waals surface area contributed by atoms with Crippen molar-refractivity contribution in [1.29, 1.82) is 0 Å². The molecule has 13 heteroatoms. The van der Waals surface area contributed by atoms with Crippen molar-refractivity contribution in [2.75, 3.05) is 14.1 Å². The second kappa shape index (κ2) is 12.7. The highest BCUT2D eigenvalue weighted by Gasteiger charge is 2.29. The minimum atomic E-state index is -0.700. The maximum atomic E-state index is 14.5. The lowest BCUT2D eigenvalue weighted by Gasteiger charge is -2.30. The first kappa shape index (κ1) is 31.9. The van der Waals surface area contributed by atoms with Gasteiger partial charge >= 0.3 is 5.69 Å². The fourth-order valence-corrected chi connectivity index (χ4v) is 6.69. The summed E-state index contributed by atoms with van der Waals surface area (Å²) >= 11 is 0. The molecule has 11 nitrogen and oxygen atoms in total. The van der Waals surface area contributed by atoms with Gasteiger partial charge in [0.15, 0.2) is 5.65 Å². The number of phenols is 1. The second-order valence-corrected chi connectivity index (χ2v) is 12.7. The number of benzene rings is 2. The van der Waals surface area contributed by atoms with Crippen molar-refractivity contribution < 1.29 is 18.7 Å². The molecule has 1 aliphatic carbocycles. The van der Waals surface area contributed by atoms with Crippen LogP contribution in [0.15, 0.2) is 88.8 Å². The lowest BCUT2D eigenvalue weighted by molar-refractivity contribution is 0.0917. The molecule has 6 aromatic rings. The number of aromatic nitrogens is 5. The van der Waals surface area contributed by atoms with Gasteiger partial charge in [-0.25, -0.2) is 28.1 Å². The van der Waals surface area contributed by atoms with Crippen molar-refractivity contribution in [2.45, 2.75) is 44.3 Å². The van der Waals surface area contributed by atoms with Crippen molar-refractivity contribution in [3.05, 3.63) is 123 Å². The summed E-state index contributed by atoms with van der Waals surface area (Å²) in [4.78, 5) is 51.5. The van der Waals surface area contributed by atoms with Crippen molar-refractivity contribution in [1.82, 2.24) is 33.7 Å². The second-order valence-electron chi connectivity index (χ2n) is 12.7. The molecule has 7 rings (SSSR count). The van der Waals surface area contributed by atoms with E-state index in [1.54, 1.807) is 24.3 Å². The van der Waals surface area contributed by atoms with Gasteiger partial charge in [0.25, 0.3) is 11.5 Å². The number of nitrogens with zero attached hydrogens (tertiary/aromatic N) is 6. The van der Waals surface area contributed by atoms with Crippen LogP contribution in [0.4, 0.5) is 8.78 Å². The number of aromatic hydroxyl groups is 1. The lowest BCUT2D eigenvalue weighted by atomic mass is 9.90. The van der Waals surface area contributed by atoms with Gasteiger partial charge in [-0.15, -0.1) is 0 Å². The van der Waals surface area contributed by atoms with Gasteiger partial charge in [0.05, 0.1) is 17.3 Å². The molecule has 0 spiro atoms. The lowest BCUT2D eigenvalue weighted by Crippen LogP contribution is -2.45. The molecule has 1 amide bonds. The molecule has 4 aromatic heterocycles. The fourth-order valence-electron chi connectivity index (χ4n) is 6.69. The molecule has 0 radical (unpaired) electrons. The van der Waals surface area contributed by atoms with E-state index in [2.05, 4.69) is 15.3 Å². The number of phenolic OH excluding ortho intramolecular Hbond substituents is 1. The molecule has 49 heavy (non-hydrogen) atoms. The summed E-state index contributed by atoms with van der Waals surface area (Å²) < 4.78 is 32.1. The van der Waals surface area contributed by atoms with Crippen molar-refractivity contribution in [2.24, 2.45) is 0 Å². The van der Waals surface area contributed by atoms with Crippen LogP contribution < -0.4 is 16.6 Å². The van der Waals surface area contributed by atoms with Crippen LogP contribution in [-0.4, -0.2) is 59.6 Å². The quantitative estimate of drug-likeness (QED) is 0.250. The molecule has 0 bridgehead atoms. The monoisotopic (exact) mass is 665 g/mol. The van der Waals surface area contributed by atoms with E-state index in [9.17, 15) is 28.3 Å². The molecule has 2 N–H and O–H groups in total. The number of hydrogen-bond donors (Lipinski definition) is 2. The maximum Gasteiger partial charge on any atom is 0.337 e. The smallest absolute Gasteiger partial charge is 0.337 e. The predicted molar refractivity (Wildman–Crippen MR) is 180 cm³/mol. The highest BCUT2D eigenvalue weighted by atomic mass is 19.1. The van der Waals surface area contributed by atoms with Crippen LogP contribution in [0.1, 0.15) is 47.8 Å². The van der Waals surface area contributed by atoms with Crippen molar-refractivity contribution in [3.63, 3.8) is 0 Å². The van der Waals surface area contributed by atoms with Crippen LogP contribution in [0.3, 0.4) is 0 Å². The fraction of sp³-hybridized carbons (Fsp3) is 0.250. The molecule has 250 valence electrons. The Bertz CT molecular complexity index is 2360. The van der Waals surface area contributed by atoms with E-state index in [4.69, 9.17) is 0 Å². The first-order chi connectivity index (χ1) is 23.5. The van der Waals surface area contributed by atoms with Gasteiger partial charge in [-0.05, 0) is 98.9 Å². The van der Waals surface area contributed by atoms with Gasteiger partial charge in [0.1, 0.15) is 28.7 Å². The molecule has 0 aliphatic heterocycles. The molecular weight excluding hydrogens is 632 g/mol. The van der Waals surface area contributed by atoms with Crippen LogP contribution in [0.25, 0.3) is 33.5 Å². The Labute approximate surface area is 278 Å². The minimum absolute atomic E-state index is 0.0263. The van der Waals surface area contributed by atoms with Gasteiger partial charge in [-0.2, -0.15) is 0 Å². The number of amides is 1. The molecule has 2 aromatic carbocycles. The summed E-state index contributed by atoms with van der Waals surface area (Å²) in [5, 5.41) is 13.1. The Morgan fingerprint density at radius 2 is 1.78 bits per heavy atom. The Kier molecular flexibility index (Phi) is 8.28. The highest BCUT2D eigenvalue weighted by molar-refractivity contribution is 5.93. The Balaban J connectivity index is 1.21. The number of pyridine rings is 2. The molecule has 1 fully saturated rings. The van der Waals surface area contributed by atoms with Crippen LogP contribution in [0.2, 0.25) is 0 Å². The van der Waals surface area contributed by atoms with Crippen LogP contribution in [-0.2, 0) is 6.54 Å². The SMILES string of the molecule is CN(C)Cc1cc(O)ccc1-c1cccc(-n2c(=O)n([C@H]3CC[C@@H](NC(=O)c4cn5cc(F)ccc5n4)CC3)c(=O)c3cc(F)cnc32)c1. The molecule has 1 saturated carbocycles. The number of fused-ring (bicyclic) bond motifs is 2. The van der Waals surface area contributed by atoms with Gasteiger partial charge in [-0.3, -0.25) is 14.2 Å². The number of halogens is 2.